The summed E-state index contributed by atoms with van der Waals surface area (Å²) in [5.74, 6) is -0.861. The van der Waals surface area contributed by atoms with E-state index >= 15 is 0 Å². The highest BCUT2D eigenvalue weighted by Gasteiger charge is 2.44. The Hall–Kier alpha value is -2.99. The topological polar surface area (TPSA) is 59.8 Å². The SMILES string of the molecule is Cc1ccc2oc3c(c(=O)c2c1)C(c1ccccc1F)N(CC1CCCO1)C3=O. The average Bonchev–Trinajstić information content (AvgIpc) is 3.31. The average molecular weight is 393 g/mol. The van der Waals surface area contributed by atoms with Crippen LogP contribution in [0.1, 0.15) is 46.1 Å². The Morgan fingerprint density at radius 2 is 2.00 bits per heavy atom. The zero-order chi connectivity index (χ0) is 20.1. The number of ether oxygens (including phenoxy) is 1. The van der Waals surface area contributed by atoms with Crippen molar-refractivity contribution in [3.05, 3.63) is 81.0 Å². The molecule has 0 radical (unpaired) electrons. The van der Waals surface area contributed by atoms with E-state index in [2.05, 4.69) is 0 Å². The van der Waals surface area contributed by atoms with Crippen molar-refractivity contribution in [2.45, 2.75) is 31.9 Å². The smallest absolute Gasteiger partial charge is 0.291 e. The number of halogens is 1. The van der Waals surface area contributed by atoms with Gasteiger partial charge in [-0.2, -0.15) is 0 Å². The van der Waals surface area contributed by atoms with Crippen LogP contribution < -0.4 is 5.43 Å². The first kappa shape index (κ1) is 18.1. The van der Waals surface area contributed by atoms with Crippen molar-refractivity contribution in [1.82, 2.24) is 4.90 Å². The third-order valence-electron chi connectivity index (χ3n) is 5.75. The number of aryl methyl sites for hydroxylation is 1. The predicted octanol–water partition coefficient (Wildman–Crippen LogP) is 3.96. The fourth-order valence-corrected chi connectivity index (χ4v) is 4.35. The molecule has 2 aliphatic rings. The summed E-state index contributed by atoms with van der Waals surface area (Å²) in [6.45, 7) is 2.82. The van der Waals surface area contributed by atoms with Crippen molar-refractivity contribution in [3.63, 3.8) is 0 Å². The number of hydrogen-bond donors (Lipinski definition) is 0. The summed E-state index contributed by atoms with van der Waals surface area (Å²) in [7, 11) is 0. The Labute approximate surface area is 166 Å². The molecule has 0 N–H and O–H groups in total. The van der Waals surface area contributed by atoms with E-state index in [9.17, 15) is 14.0 Å². The molecule has 6 heteroatoms. The molecule has 0 saturated carbocycles. The van der Waals surface area contributed by atoms with Gasteiger partial charge in [0.15, 0.2) is 5.43 Å². The Morgan fingerprint density at radius 1 is 1.17 bits per heavy atom. The Kier molecular flexibility index (Phi) is 4.24. The summed E-state index contributed by atoms with van der Waals surface area (Å²) in [5.41, 5.74) is 1.47. The van der Waals surface area contributed by atoms with Crippen LogP contribution in [0.15, 0.2) is 51.7 Å². The van der Waals surface area contributed by atoms with Gasteiger partial charge < -0.3 is 14.1 Å². The molecule has 2 unspecified atom stereocenters. The Balaban J connectivity index is 1.74. The van der Waals surface area contributed by atoms with Gasteiger partial charge in [-0.15, -0.1) is 0 Å². The third-order valence-corrected chi connectivity index (χ3v) is 5.75. The van der Waals surface area contributed by atoms with E-state index in [1.54, 1.807) is 30.3 Å². The quantitative estimate of drug-likeness (QED) is 0.676. The number of benzene rings is 2. The molecule has 1 amide bonds. The number of carbonyl (C=O) groups is 1. The molecule has 29 heavy (non-hydrogen) atoms. The molecule has 0 aliphatic carbocycles. The summed E-state index contributed by atoms with van der Waals surface area (Å²) >= 11 is 0. The van der Waals surface area contributed by atoms with Crippen molar-refractivity contribution in [1.29, 1.82) is 0 Å². The van der Waals surface area contributed by atoms with E-state index in [1.807, 2.05) is 13.0 Å². The van der Waals surface area contributed by atoms with Gasteiger partial charge in [0, 0.05) is 18.7 Å². The van der Waals surface area contributed by atoms with E-state index in [-0.39, 0.29) is 35.0 Å². The zero-order valence-electron chi connectivity index (χ0n) is 16.0. The minimum atomic E-state index is -0.830. The van der Waals surface area contributed by atoms with Crippen molar-refractivity contribution >= 4 is 16.9 Å². The molecule has 148 valence electrons. The van der Waals surface area contributed by atoms with Crippen LogP contribution in [0.3, 0.4) is 0 Å². The molecule has 3 heterocycles. The minimum Gasteiger partial charge on any atom is -0.450 e. The summed E-state index contributed by atoms with van der Waals surface area (Å²) in [6, 6.07) is 10.7. The van der Waals surface area contributed by atoms with E-state index in [0.717, 1.165) is 18.4 Å². The van der Waals surface area contributed by atoms with Crippen LogP contribution in [0.4, 0.5) is 4.39 Å². The maximum Gasteiger partial charge on any atom is 0.291 e. The summed E-state index contributed by atoms with van der Waals surface area (Å²) in [4.78, 5) is 28.2. The lowest BCUT2D eigenvalue weighted by Gasteiger charge is -2.27. The second-order valence-corrected chi connectivity index (χ2v) is 7.69. The summed E-state index contributed by atoms with van der Waals surface area (Å²) < 4.78 is 26.3. The van der Waals surface area contributed by atoms with E-state index in [0.29, 0.717) is 17.6 Å². The lowest BCUT2D eigenvalue weighted by molar-refractivity contribution is 0.0483. The van der Waals surface area contributed by atoms with Crippen LogP contribution in [0.2, 0.25) is 0 Å². The van der Waals surface area contributed by atoms with Crippen LogP contribution in [0.5, 0.6) is 0 Å². The Bertz CT molecular complexity index is 1180. The first-order valence-electron chi connectivity index (χ1n) is 9.79. The molecule has 2 aromatic carbocycles. The molecule has 5 rings (SSSR count). The monoisotopic (exact) mass is 393 g/mol. The molecule has 2 aliphatic heterocycles. The van der Waals surface area contributed by atoms with Crippen molar-refractivity contribution in [2.24, 2.45) is 0 Å². The lowest BCUT2D eigenvalue weighted by atomic mass is 9.97. The van der Waals surface area contributed by atoms with Gasteiger partial charge in [0.25, 0.3) is 5.91 Å². The van der Waals surface area contributed by atoms with Crippen molar-refractivity contribution in [2.75, 3.05) is 13.2 Å². The second kappa shape index (κ2) is 6.81. The normalized spacial score (nSPS) is 21.2. The van der Waals surface area contributed by atoms with Crippen LogP contribution >= 0.6 is 0 Å². The zero-order valence-corrected chi connectivity index (χ0v) is 16.0. The lowest BCUT2D eigenvalue weighted by Crippen LogP contribution is -2.36. The van der Waals surface area contributed by atoms with Gasteiger partial charge in [0.1, 0.15) is 11.4 Å². The highest BCUT2D eigenvalue weighted by Crippen LogP contribution is 2.39. The number of carbonyl (C=O) groups excluding carboxylic acids is 1. The molecule has 1 saturated heterocycles. The van der Waals surface area contributed by atoms with Gasteiger partial charge in [-0.25, -0.2) is 4.39 Å². The first-order chi connectivity index (χ1) is 14.0. The van der Waals surface area contributed by atoms with Crippen LogP contribution in [-0.2, 0) is 4.74 Å². The largest absolute Gasteiger partial charge is 0.450 e. The van der Waals surface area contributed by atoms with Crippen LogP contribution in [0.25, 0.3) is 11.0 Å². The molecule has 1 fully saturated rings. The molecular formula is C23H20FNO4. The standard InChI is InChI=1S/C23H20FNO4/c1-13-8-9-18-16(11-13)21(26)19-20(15-6-2-3-7-17(15)24)25(23(27)22(19)29-18)12-14-5-4-10-28-14/h2-3,6-9,11,14,20H,4-5,10,12H2,1H3. The van der Waals surface area contributed by atoms with Gasteiger partial charge in [-0.1, -0.05) is 29.8 Å². The predicted molar refractivity (Wildman–Crippen MR) is 105 cm³/mol. The first-order valence-corrected chi connectivity index (χ1v) is 9.79. The fraction of sp³-hybridized carbons (Fsp3) is 0.304. The van der Waals surface area contributed by atoms with Gasteiger partial charge in [0.2, 0.25) is 5.76 Å². The van der Waals surface area contributed by atoms with Gasteiger partial charge >= 0.3 is 0 Å². The molecule has 0 spiro atoms. The molecule has 1 aromatic heterocycles. The number of fused-ring (bicyclic) bond motifs is 2. The van der Waals surface area contributed by atoms with Gasteiger partial charge in [-0.3, -0.25) is 9.59 Å². The van der Waals surface area contributed by atoms with Gasteiger partial charge in [-0.05, 0) is 38.0 Å². The summed E-state index contributed by atoms with van der Waals surface area (Å²) in [5, 5.41) is 0.400. The van der Waals surface area contributed by atoms with Gasteiger partial charge in [0.05, 0.1) is 23.1 Å². The maximum absolute atomic E-state index is 14.8. The number of amides is 1. The highest BCUT2D eigenvalue weighted by atomic mass is 19.1. The van der Waals surface area contributed by atoms with Crippen molar-refractivity contribution in [3.8, 4) is 0 Å². The van der Waals surface area contributed by atoms with E-state index < -0.39 is 17.8 Å². The van der Waals surface area contributed by atoms with Crippen LogP contribution in [0, 0.1) is 12.7 Å². The Morgan fingerprint density at radius 3 is 2.76 bits per heavy atom. The maximum atomic E-state index is 14.8. The molecule has 3 aromatic rings. The third kappa shape index (κ3) is 2.86. The fourth-order valence-electron chi connectivity index (χ4n) is 4.35. The molecular weight excluding hydrogens is 373 g/mol. The van der Waals surface area contributed by atoms with E-state index in [1.165, 1.54) is 11.0 Å². The number of nitrogens with zero attached hydrogens (tertiary/aromatic N) is 1. The van der Waals surface area contributed by atoms with Crippen molar-refractivity contribution < 1.29 is 18.3 Å². The molecule has 5 nitrogen and oxygen atoms in total. The van der Waals surface area contributed by atoms with E-state index in [4.69, 9.17) is 9.15 Å². The highest BCUT2D eigenvalue weighted by molar-refractivity contribution is 5.99. The number of rotatable bonds is 3. The minimum absolute atomic E-state index is 0.00222. The second-order valence-electron chi connectivity index (χ2n) is 7.69. The number of hydrogen-bond acceptors (Lipinski definition) is 4. The summed E-state index contributed by atoms with van der Waals surface area (Å²) in [6.07, 6.45) is 1.62. The van der Waals surface area contributed by atoms with Crippen LogP contribution in [-0.4, -0.2) is 30.1 Å². The molecule has 0 bridgehead atoms. The molecule has 2 atom stereocenters.